The van der Waals surface area contributed by atoms with E-state index in [4.69, 9.17) is 16.0 Å². The van der Waals surface area contributed by atoms with Crippen molar-refractivity contribution < 1.29 is 14.0 Å². The van der Waals surface area contributed by atoms with Gasteiger partial charge in [0, 0.05) is 16.1 Å². The number of carbonyl (C=O) groups excluding carboxylic acids is 2. The first-order valence-electron chi connectivity index (χ1n) is 7.36. The number of rotatable bonds is 5. The Bertz CT molecular complexity index is 871. The summed E-state index contributed by atoms with van der Waals surface area (Å²) in [5, 5.41) is 3.15. The van der Waals surface area contributed by atoms with Gasteiger partial charge in [-0.3, -0.25) is 9.59 Å². The normalized spacial score (nSPS) is 10.4. The Kier molecular flexibility index (Phi) is 4.77. The number of hydrogen-bond donors (Lipinski definition) is 1. The first-order valence-corrected chi connectivity index (χ1v) is 7.73. The van der Waals surface area contributed by atoms with Crippen molar-refractivity contribution >= 4 is 23.3 Å². The van der Waals surface area contributed by atoms with Crippen molar-refractivity contribution in [3.63, 3.8) is 0 Å². The van der Waals surface area contributed by atoms with E-state index < -0.39 is 5.91 Å². The number of benzene rings is 2. The average molecular weight is 340 g/mol. The van der Waals surface area contributed by atoms with Crippen molar-refractivity contribution in [1.29, 1.82) is 0 Å². The molecule has 1 amide bonds. The van der Waals surface area contributed by atoms with Crippen LogP contribution in [0.3, 0.4) is 0 Å². The van der Waals surface area contributed by atoms with Crippen molar-refractivity contribution in [3.05, 3.63) is 83.1 Å². The fourth-order valence-corrected chi connectivity index (χ4v) is 2.42. The van der Waals surface area contributed by atoms with Crippen molar-refractivity contribution in [2.24, 2.45) is 0 Å². The van der Waals surface area contributed by atoms with Crippen molar-refractivity contribution in [1.82, 2.24) is 5.32 Å². The third-order valence-electron chi connectivity index (χ3n) is 3.44. The number of amides is 1. The van der Waals surface area contributed by atoms with Gasteiger partial charge in [-0.25, -0.2) is 0 Å². The van der Waals surface area contributed by atoms with Crippen LogP contribution in [0.5, 0.6) is 0 Å². The molecule has 0 aliphatic rings. The average Bonchev–Trinajstić information content (AvgIpc) is 3.10. The summed E-state index contributed by atoms with van der Waals surface area (Å²) in [5.41, 5.74) is 1.33. The molecule has 0 radical (unpaired) electrons. The zero-order valence-corrected chi connectivity index (χ0v) is 13.4. The molecule has 1 aromatic heterocycles. The van der Waals surface area contributed by atoms with E-state index in [1.165, 1.54) is 0 Å². The molecule has 0 bridgehead atoms. The summed E-state index contributed by atoms with van der Waals surface area (Å²) in [4.78, 5) is 24.1. The van der Waals surface area contributed by atoms with E-state index in [-0.39, 0.29) is 18.1 Å². The smallest absolute Gasteiger partial charge is 0.287 e. The zero-order chi connectivity index (χ0) is 16.9. The summed E-state index contributed by atoms with van der Waals surface area (Å²) in [5.74, 6) is 0.0843. The Labute approximate surface area is 144 Å². The van der Waals surface area contributed by atoms with E-state index in [9.17, 15) is 9.59 Å². The Hall–Kier alpha value is -2.85. The summed E-state index contributed by atoms with van der Waals surface area (Å²) in [7, 11) is 0. The zero-order valence-electron chi connectivity index (χ0n) is 12.7. The van der Waals surface area contributed by atoms with Crippen LogP contribution in [0.4, 0.5) is 0 Å². The predicted molar refractivity (Wildman–Crippen MR) is 92.3 cm³/mol. The van der Waals surface area contributed by atoms with E-state index in [0.717, 1.165) is 5.56 Å². The molecule has 0 unspecified atom stereocenters. The number of Topliss-reactive ketones (excluding diaryl/α,β-unsaturated/α-hetero) is 1. The molecule has 1 N–H and O–H groups in total. The largest absolute Gasteiger partial charge is 0.451 e. The Morgan fingerprint density at radius 3 is 2.50 bits per heavy atom. The third kappa shape index (κ3) is 3.73. The quantitative estimate of drug-likeness (QED) is 0.708. The molecular weight excluding hydrogens is 326 g/mol. The molecule has 120 valence electrons. The van der Waals surface area contributed by atoms with Crippen molar-refractivity contribution in [2.75, 3.05) is 6.54 Å². The highest BCUT2D eigenvalue weighted by atomic mass is 35.5. The fourth-order valence-electron chi connectivity index (χ4n) is 2.23. The highest BCUT2D eigenvalue weighted by Crippen LogP contribution is 2.24. The maximum atomic E-state index is 12.1. The van der Waals surface area contributed by atoms with E-state index in [2.05, 4.69) is 5.32 Å². The Balaban J connectivity index is 1.65. The van der Waals surface area contributed by atoms with Crippen LogP contribution in [0.15, 0.2) is 71.1 Å². The van der Waals surface area contributed by atoms with E-state index in [0.29, 0.717) is 16.3 Å². The maximum Gasteiger partial charge on any atom is 0.287 e. The molecule has 0 spiro atoms. The predicted octanol–water partition coefficient (Wildman–Crippen LogP) is 4.21. The van der Waals surface area contributed by atoms with Gasteiger partial charge < -0.3 is 9.73 Å². The van der Waals surface area contributed by atoms with Gasteiger partial charge in [-0.1, -0.05) is 54.1 Å². The summed E-state index contributed by atoms with van der Waals surface area (Å²) < 4.78 is 5.54. The molecule has 0 saturated heterocycles. The second-order valence-corrected chi connectivity index (χ2v) is 5.58. The summed E-state index contributed by atoms with van der Waals surface area (Å²) in [6.45, 7) is -0.0873. The number of hydrogen-bond acceptors (Lipinski definition) is 3. The Morgan fingerprint density at radius 1 is 0.958 bits per heavy atom. The van der Waals surface area contributed by atoms with Gasteiger partial charge in [0.25, 0.3) is 5.91 Å². The molecule has 24 heavy (non-hydrogen) atoms. The lowest BCUT2D eigenvalue weighted by Gasteiger charge is -2.03. The van der Waals surface area contributed by atoms with Gasteiger partial charge >= 0.3 is 0 Å². The van der Waals surface area contributed by atoms with Gasteiger partial charge in [-0.2, -0.15) is 0 Å². The molecular formula is C19H14ClNO3. The number of carbonyl (C=O) groups is 2. The van der Waals surface area contributed by atoms with E-state index in [1.54, 1.807) is 54.6 Å². The summed E-state index contributed by atoms with van der Waals surface area (Å²) >= 11 is 5.95. The minimum Gasteiger partial charge on any atom is -0.451 e. The molecule has 1 heterocycles. The van der Waals surface area contributed by atoms with Gasteiger partial charge in [0.2, 0.25) is 0 Å². The minimum atomic E-state index is -0.437. The fraction of sp³-hybridized carbons (Fsp3) is 0.0526. The van der Waals surface area contributed by atoms with Gasteiger partial charge in [0.1, 0.15) is 5.76 Å². The number of nitrogens with one attached hydrogen (secondary N) is 1. The number of halogens is 1. The number of furan rings is 1. The van der Waals surface area contributed by atoms with E-state index in [1.807, 2.05) is 12.1 Å². The van der Waals surface area contributed by atoms with Gasteiger partial charge in [-0.05, 0) is 24.3 Å². The highest BCUT2D eigenvalue weighted by molar-refractivity contribution is 6.30. The monoisotopic (exact) mass is 339 g/mol. The lowest BCUT2D eigenvalue weighted by atomic mass is 10.1. The van der Waals surface area contributed by atoms with Crippen LogP contribution >= 0.6 is 11.6 Å². The van der Waals surface area contributed by atoms with E-state index >= 15 is 0 Å². The first-order chi connectivity index (χ1) is 11.6. The Morgan fingerprint density at radius 2 is 1.75 bits per heavy atom. The van der Waals surface area contributed by atoms with Gasteiger partial charge in [0.05, 0.1) is 6.54 Å². The summed E-state index contributed by atoms with van der Waals surface area (Å²) in [6, 6.07) is 19.2. The lowest BCUT2D eigenvalue weighted by molar-refractivity contribution is 0.0886. The number of ketones is 1. The molecule has 5 heteroatoms. The molecule has 3 rings (SSSR count). The molecule has 0 saturated carbocycles. The molecule has 0 aliphatic heterocycles. The first kappa shape index (κ1) is 16.0. The molecule has 3 aromatic rings. The van der Waals surface area contributed by atoms with Crippen LogP contribution in [-0.2, 0) is 0 Å². The van der Waals surface area contributed by atoms with Crippen LogP contribution < -0.4 is 5.32 Å². The summed E-state index contributed by atoms with van der Waals surface area (Å²) in [6.07, 6.45) is 0. The molecule has 2 aromatic carbocycles. The van der Waals surface area contributed by atoms with Crippen LogP contribution in [0.1, 0.15) is 20.9 Å². The molecule has 0 aliphatic carbocycles. The van der Waals surface area contributed by atoms with Gasteiger partial charge in [-0.15, -0.1) is 0 Å². The minimum absolute atomic E-state index is 0.0873. The molecule has 4 nitrogen and oxygen atoms in total. The second kappa shape index (κ2) is 7.15. The highest BCUT2D eigenvalue weighted by Gasteiger charge is 2.14. The molecule has 0 fully saturated rings. The van der Waals surface area contributed by atoms with Crippen LogP contribution in [0, 0.1) is 0 Å². The van der Waals surface area contributed by atoms with Crippen LogP contribution in [0.2, 0.25) is 5.02 Å². The maximum absolute atomic E-state index is 12.1. The SMILES string of the molecule is O=C(CNC(=O)c1ccc(-c2cccc(Cl)c2)o1)c1ccccc1. The van der Waals surface area contributed by atoms with Gasteiger partial charge in [0.15, 0.2) is 11.5 Å². The molecule has 0 atom stereocenters. The van der Waals surface area contributed by atoms with Crippen LogP contribution in [0.25, 0.3) is 11.3 Å². The van der Waals surface area contributed by atoms with Crippen molar-refractivity contribution in [3.8, 4) is 11.3 Å². The third-order valence-corrected chi connectivity index (χ3v) is 3.68. The lowest BCUT2D eigenvalue weighted by Crippen LogP contribution is -2.29. The standard InChI is InChI=1S/C19H14ClNO3/c20-15-8-4-7-14(11-15)17-9-10-18(24-17)19(23)21-12-16(22)13-5-2-1-3-6-13/h1-11H,12H2,(H,21,23). The van der Waals surface area contributed by atoms with Crippen LogP contribution in [-0.4, -0.2) is 18.2 Å². The van der Waals surface area contributed by atoms with Crippen molar-refractivity contribution in [2.45, 2.75) is 0 Å². The second-order valence-electron chi connectivity index (χ2n) is 5.15. The topological polar surface area (TPSA) is 59.3 Å².